The van der Waals surface area contributed by atoms with Gasteiger partial charge in [0.2, 0.25) is 5.91 Å². The number of hydrogen-bond acceptors (Lipinski definition) is 3. The molecule has 126 valence electrons. The first kappa shape index (κ1) is 20.7. The number of piperidine rings is 1. The van der Waals surface area contributed by atoms with Crippen molar-refractivity contribution >= 4 is 18.3 Å². The molecule has 1 fully saturated rings. The monoisotopic (exact) mass is 319 g/mol. The van der Waals surface area contributed by atoms with Crippen molar-refractivity contribution in [3.05, 3.63) is 0 Å². The predicted molar refractivity (Wildman–Crippen MR) is 91.8 cm³/mol. The number of amides is 1. The molecule has 0 saturated carbocycles. The number of halogens is 1. The van der Waals surface area contributed by atoms with Crippen molar-refractivity contribution in [1.82, 2.24) is 10.2 Å². The summed E-state index contributed by atoms with van der Waals surface area (Å²) in [7, 11) is 0. The number of rotatable bonds is 8. The Morgan fingerprint density at radius 1 is 1.38 bits per heavy atom. The van der Waals surface area contributed by atoms with Crippen LogP contribution in [0.1, 0.15) is 59.3 Å². The molecular weight excluding hydrogens is 286 g/mol. The molecule has 1 saturated heterocycles. The van der Waals surface area contributed by atoms with Gasteiger partial charge < -0.3 is 11.1 Å². The minimum absolute atomic E-state index is 0. The normalized spacial score (nSPS) is 22.2. The quantitative estimate of drug-likeness (QED) is 0.723. The molecule has 0 bridgehead atoms. The van der Waals surface area contributed by atoms with Crippen LogP contribution in [-0.2, 0) is 4.79 Å². The van der Waals surface area contributed by atoms with Crippen molar-refractivity contribution in [3.63, 3.8) is 0 Å². The number of carbonyl (C=O) groups is 1. The third-order valence-corrected chi connectivity index (χ3v) is 4.62. The van der Waals surface area contributed by atoms with Crippen LogP contribution in [0, 0.1) is 5.92 Å². The lowest BCUT2D eigenvalue weighted by Crippen LogP contribution is -2.51. The largest absolute Gasteiger partial charge is 0.353 e. The highest BCUT2D eigenvalue weighted by atomic mass is 35.5. The molecule has 1 amide bonds. The fourth-order valence-electron chi connectivity index (χ4n) is 2.80. The van der Waals surface area contributed by atoms with Gasteiger partial charge in [-0.2, -0.15) is 0 Å². The molecule has 0 aromatic carbocycles. The van der Waals surface area contributed by atoms with Crippen LogP contribution in [0.2, 0.25) is 0 Å². The summed E-state index contributed by atoms with van der Waals surface area (Å²) in [6.45, 7) is 9.44. The van der Waals surface area contributed by atoms with Crippen LogP contribution >= 0.6 is 12.4 Å². The molecule has 0 spiro atoms. The second-order valence-corrected chi connectivity index (χ2v) is 6.20. The van der Waals surface area contributed by atoms with Crippen LogP contribution in [-0.4, -0.2) is 42.5 Å². The Morgan fingerprint density at radius 3 is 2.71 bits per heavy atom. The first-order valence-electron chi connectivity index (χ1n) is 8.37. The Morgan fingerprint density at radius 2 is 2.10 bits per heavy atom. The Hall–Kier alpha value is -0.320. The summed E-state index contributed by atoms with van der Waals surface area (Å²) in [5, 5.41) is 3.07. The van der Waals surface area contributed by atoms with Crippen molar-refractivity contribution < 1.29 is 4.79 Å². The molecule has 3 unspecified atom stereocenters. The van der Waals surface area contributed by atoms with Gasteiger partial charge in [-0.25, -0.2) is 0 Å². The number of nitrogens with zero attached hydrogens (tertiary/aromatic N) is 1. The second-order valence-electron chi connectivity index (χ2n) is 6.20. The molecule has 0 aliphatic carbocycles. The SMILES string of the molecule is CCCCN1CCCCC1CNC(=O)C(N)C(C)CC.Cl. The Bertz CT molecular complexity index is 289. The van der Waals surface area contributed by atoms with E-state index in [1.165, 1.54) is 38.6 Å². The lowest BCUT2D eigenvalue weighted by molar-refractivity contribution is -0.123. The fourth-order valence-corrected chi connectivity index (χ4v) is 2.80. The van der Waals surface area contributed by atoms with Gasteiger partial charge in [-0.15, -0.1) is 12.4 Å². The zero-order valence-electron chi connectivity index (χ0n) is 13.9. The number of hydrogen-bond donors (Lipinski definition) is 2. The third kappa shape index (κ3) is 6.98. The minimum atomic E-state index is -0.368. The third-order valence-electron chi connectivity index (χ3n) is 4.62. The molecule has 4 nitrogen and oxygen atoms in total. The summed E-state index contributed by atoms with van der Waals surface area (Å²) >= 11 is 0. The average molecular weight is 320 g/mol. The van der Waals surface area contributed by atoms with E-state index >= 15 is 0 Å². The summed E-state index contributed by atoms with van der Waals surface area (Å²) in [5.41, 5.74) is 5.98. The number of nitrogens with two attached hydrogens (primary N) is 1. The van der Waals surface area contributed by atoms with E-state index in [0.717, 1.165) is 19.5 Å². The van der Waals surface area contributed by atoms with Gasteiger partial charge in [0, 0.05) is 12.6 Å². The molecule has 3 atom stereocenters. The van der Waals surface area contributed by atoms with Gasteiger partial charge in [0.05, 0.1) is 6.04 Å². The highest BCUT2D eigenvalue weighted by Gasteiger charge is 2.24. The highest BCUT2D eigenvalue weighted by molar-refractivity contribution is 5.85. The maximum absolute atomic E-state index is 12.1. The zero-order valence-corrected chi connectivity index (χ0v) is 14.8. The van der Waals surface area contributed by atoms with Crippen LogP contribution < -0.4 is 11.1 Å². The summed E-state index contributed by atoms with van der Waals surface area (Å²) in [6.07, 6.45) is 7.19. The number of likely N-dealkylation sites (tertiary alicyclic amines) is 1. The van der Waals surface area contributed by atoms with E-state index in [0.29, 0.717) is 6.04 Å². The molecule has 0 radical (unpaired) electrons. The lowest BCUT2D eigenvalue weighted by atomic mass is 9.98. The predicted octanol–water partition coefficient (Wildman–Crippen LogP) is 2.55. The van der Waals surface area contributed by atoms with Gasteiger partial charge in [0.1, 0.15) is 0 Å². The van der Waals surface area contributed by atoms with Crippen molar-refractivity contribution in [2.75, 3.05) is 19.6 Å². The maximum Gasteiger partial charge on any atom is 0.237 e. The summed E-state index contributed by atoms with van der Waals surface area (Å²) in [4.78, 5) is 14.6. The molecule has 3 N–H and O–H groups in total. The molecule has 1 heterocycles. The molecule has 1 aliphatic rings. The molecule has 0 aromatic rings. The lowest BCUT2D eigenvalue weighted by Gasteiger charge is -2.36. The fraction of sp³-hybridized carbons (Fsp3) is 0.938. The van der Waals surface area contributed by atoms with E-state index in [9.17, 15) is 4.79 Å². The van der Waals surface area contributed by atoms with Crippen LogP contribution in [0.25, 0.3) is 0 Å². The van der Waals surface area contributed by atoms with Gasteiger partial charge in [0.25, 0.3) is 0 Å². The van der Waals surface area contributed by atoms with Crippen LogP contribution in [0.4, 0.5) is 0 Å². The van der Waals surface area contributed by atoms with Crippen LogP contribution in [0.5, 0.6) is 0 Å². The van der Waals surface area contributed by atoms with Gasteiger partial charge >= 0.3 is 0 Å². The molecular formula is C16H34ClN3O. The minimum Gasteiger partial charge on any atom is -0.353 e. The molecule has 1 rings (SSSR count). The average Bonchev–Trinajstić information content (AvgIpc) is 2.49. The van der Waals surface area contributed by atoms with Crippen molar-refractivity contribution in [1.29, 1.82) is 0 Å². The van der Waals surface area contributed by atoms with E-state index in [1.54, 1.807) is 0 Å². The molecule has 21 heavy (non-hydrogen) atoms. The van der Waals surface area contributed by atoms with Crippen LogP contribution in [0.15, 0.2) is 0 Å². The maximum atomic E-state index is 12.1. The van der Waals surface area contributed by atoms with Crippen molar-refractivity contribution in [3.8, 4) is 0 Å². The van der Waals surface area contributed by atoms with E-state index < -0.39 is 0 Å². The summed E-state index contributed by atoms with van der Waals surface area (Å²) in [6, 6.07) is 0.135. The number of carbonyl (C=O) groups excluding carboxylic acids is 1. The van der Waals surface area contributed by atoms with Crippen molar-refractivity contribution in [2.45, 2.75) is 71.4 Å². The first-order valence-corrected chi connectivity index (χ1v) is 8.37. The Labute approximate surface area is 136 Å². The number of nitrogens with one attached hydrogen (secondary N) is 1. The molecule has 5 heteroatoms. The van der Waals surface area contributed by atoms with E-state index in [-0.39, 0.29) is 30.3 Å². The topological polar surface area (TPSA) is 58.4 Å². The van der Waals surface area contributed by atoms with Gasteiger partial charge in [-0.3, -0.25) is 9.69 Å². The van der Waals surface area contributed by atoms with Gasteiger partial charge in [-0.1, -0.05) is 40.0 Å². The highest BCUT2D eigenvalue weighted by Crippen LogP contribution is 2.17. The standard InChI is InChI=1S/C16H33N3O.ClH/c1-4-6-10-19-11-8-7-9-14(19)12-18-16(20)15(17)13(3)5-2;/h13-15H,4-12,17H2,1-3H3,(H,18,20);1H. The Balaban J connectivity index is 0.00000400. The summed E-state index contributed by atoms with van der Waals surface area (Å²) in [5.74, 6) is 0.262. The molecule has 0 aromatic heterocycles. The van der Waals surface area contributed by atoms with E-state index in [2.05, 4.69) is 24.1 Å². The van der Waals surface area contributed by atoms with Crippen LogP contribution in [0.3, 0.4) is 0 Å². The Kier molecular flexibility index (Phi) is 11.1. The van der Waals surface area contributed by atoms with Gasteiger partial charge in [0.15, 0.2) is 0 Å². The smallest absolute Gasteiger partial charge is 0.237 e. The van der Waals surface area contributed by atoms with Gasteiger partial charge in [-0.05, 0) is 38.3 Å². The van der Waals surface area contributed by atoms with E-state index in [4.69, 9.17) is 5.73 Å². The molecule has 1 aliphatic heterocycles. The van der Waals surface area contributed by atoms with Crippen molar-refractivity contribution in [2.24, 2.45) is 11.7 Å². The summed E-state index contributed by atoms with van der Waals surface area (Å²) < 4.78 is 0. The van der Waals surface area contributed by atoms with E-state index in [1.807, 2.05) is 6.92 Å². The second kappa shape index (κ2) is 11.3. The first-order chi connectivity index (χ1) is 9.60. The zero-order chi connectivity index (χ0) is 15.0. The number of unbranched alkanes of at least 4 members (excludes halogenated alkanes) is 1.